The van der Waals surface area contributed by atoms with Gasteiger partial charge in [0, 0.05) is 23.5 Å². The molecule has 3 heterocycles. The van der Waals surface area contributed by atoms with Gasteiger partial charge in [-0.25, -0.2) is 4.98 Å². The zero-order chi connectivity index (χ0) is 15.0. The molecule has 0 aromatic carbocycles. The molecular formula is C13H16N4O2S2. The van der Waals surface area contributed by atoms with Crippen LogP contribution in [0.4, 0.5) is 0 Å². The molecule has 8 heteroatoms. The van der Waals surface area contributed by atoms with Gasteiger partial charge in [0.2, 0.25) is 11.8 Å². The SMILES string of the molecule is CC1(C)SC[C@H](C(=O)NCc2cn3ccsc3n2)NC1=O. The lowest BCUT2D eigenvalue weighted by Gasteiger charge is -2.32. The molecule has 1 atom stereocenters. The van der Waals surface area contributed by atoms with Crippen molar-refractivity contribution in [3.05, 3.63) is 23.5 Å². The third-order valence-electron chi connectivity index (χ3n) is 3.37. The van der Waals surface area contributed by atoms with Crippen molar-refractivity contribution in [1.29, 1.82) is 0 Å². The van der Waals surface area contributed by atoms with Crippen molar-refractivity contribution in [3.8, 4) is 0 Å². The van der Waals surface area contributed by atoms with Crippen molar-refractivity contribution in [2.45, 2.75) is 31.2 Å². The molecule has 2 aromatic rings. The number of thiazole rings is 1. The number of amides is 2. The van der Waals surface area contributed by atoms with Crippen LogP contribution in [0.25, 0.3) is 4.96 Å². The summed E-state index contributed by atoms with van der Waals surface area (Å²) in [6.07, 6.45) is 3.82. The Bertz CT molecular complexity index is 663. The maximum absolute atomic E-state index is 12.1. The Balaban J connectivity index is 1.57. The predicted molar refractivity (Wildman–Crippen MR) is 83.4 cm³/mol. The molecule has 112 valence electrons. The summed E-state index contributed by atoms with van der Waals surface area (Å²) < 4.78 is 1.46. The largest absolute Gasteiger partial charge is 0.349 e. The number of thioether (sulfide) groups is 1. The fourth-order valence-corrected chi connectivity index (χ4v) is 3.76. The maximum Gasteiger partial charge on any atom is 0.243 e. The smallest absolute Gasteiger partial charge is 0.243 e. The first-order chi connectivity index (χ1) is 9.95. The van der Waals surface area contributed by atoms with Crippen LogP contribution in [0.5, 0.6) is 0 Å². The van der Waals surface area contributed by atoms with E-state index in [0.717, 1.165) is 10.7 Å². The second kappa shape index (κ2) is 5.34. The predicted octanol–water partition coefficient (Wildman–Crippen LogP) is 1.02. The number of carbonyl (C=O) groups is 2. The molecule has 3 rings (SSSR count). The molecule has 0 unspecified atom stereocenters. The van der Waals surface area contributed by atoms with Gasteiger partial charge in [-0.1, -0.05) is 0 Å². The van der Waals surface area contributed by atoms with E-state index in [1.807, 2.05) is 36.0 Å². The lowest BCUT2D eigenvalue weighted by molar-refractivity contribution is -0.129. The van der Waals surface area contributed by atoms with Gasteiger partial charge in [0.25, 0.3) is 0 Å². The third kappa shape index (κ3) is 2.91. The summed E-state index contributed by atoms with van der Waals surface area (Å²) in [6, 6.07) is -0.473. The van der Waals surface area contributed by atoms with Crippen LogP contribution in [0.2, 0.25) is 0 Å². The molecule has 21 heavy (non-hydrogen) atoms. The molecule has 2 aromatic heterocycles. The molecule has 1 saturated heterocycles. The van der Waals surface area contributed by atoms with E-state index in [4.69, 9.17) is 0 Å². The van der Waals surface area contributed by atoms with Gasteiger partial charge in [0.1, 0.15) is 6.04 Å². The second-order valence-electron chi connectivity index (χ2n) is 5.39. The Kier molecular flexibility index (Phi) is 3.66. The Morgan fingerprint density at radius 2 is 2.43 bits per heavy atom. The van der Waals surface area contributed by atoms with Crippen LogP contribution in [0.1, 0.15) is 19.5 Å². The van der Waals surface area contributed by atoms with Gasteiger partial charge >= 0.3 is 0 Å². The zero-order valence-electron chi connectivity index (χ0n) is 11.8. The van der Waals surface area contributed by atoms with E-state index in [0.29, 0.717) is 12.3 Å². The molecule has 0 saturated carbocycles. The van der Waals surface area contributed by atoms with E-state index in [1.165, 1.54) is 11.8 Å². The molecule has 2 amide bonds. The van der Waals surface area contributed by atoms with E-state index in [1.54, 1.807) is 11.3 Å². The summed E-state index contributed by atoms with van der Waals surface area (Å²) in [5, 5.41) is 7.56. The molecule has 2 N–H and O–H groups in total. The number of nitrogens with zero attached hydrogens (tertiary/aromatic N) is 2. The highest BCUT2D eigenvalue weighted by Gasteiger charge is 2.37. The number of rotatable bonds is 3. The molecular weight excluding hydrogens is 308 g/mol. The normalized spacial score (nSPS) is 21.2. The average Bonchev–Trinajstić information content (AvgIpc) is 3.00. The maximum atomic E-state index is 12.1. The molecule has 0 bridgehead atoms. The molecule has 1 fully saturated rings. The van der Waals surface area contributed by atoms with Gasteiger partial charge in [0.05, 0.1) is 17.0 Å². The number of carbonyl (C=O) groups excluding carboxylic acids is 2. The van der Waals surface area contributed by atoms with Crippen molar-refractivity contribution in [3.63, 3.8) is 0 Å². The summed E-state index contributed by atoms with van der Waals surface area (Å²) in [6.45, 7) is 4.09. The van der Waals surface area contributed by atoms with Crippen LogP contribution in [0, 0.1) is 0 Å². The Labute approximate surface area is 130 Å². The number of imidazole rings is 1. The second-order valence-corrected chi connectivity index (χ2v) is 7.91. The Morgan fingerprint density at radius 1 is 1.62 bits per heavy atom. The standard InChI is InChI=1S/C13H16N4O2S2/c1-13(2)11(19)16-9(7-21-13)10(18)14-5-8-6-17-3-4-20-12(17)15-8/h3-4,6,9H,5,7H2,1-2H3,(H,14,18)(H,16,19)/t9-/m1/s1. The summed E-state index contributed by atoms with van der Waals surface area (Å²) in [5.41, 5.74) is 0.810. The summed E-state index contributed by atoms with van der Waals surface area (Å²) in [5.74, 6) is 0.326. The highest BCUT2D eigenvalue weighted by atomic mass is 32.2. The first-order valence-corrected chi connectivity index (χ1v) is 8.46. The number of fused-ring (bicyclic) bond motifs is 1. The molecule has 1 aliphatic heterocycles. The lowest BCUT2D eigenvalue weighted by atomic mass is 10.1. The van der Waals surface area contributed by atoms with Crippen LogP contribution in [-0.2, 0) is 16.1 Å². The topological polar surface area (TPSA) is 75.5 Å². The van der Waals surface area contributed by atoms with Gasteiger partial charge in [-0.15, -0.1) is 23.1 Å². The van der Waals surface area contributed by atoms with E-state index in [-0.39, 0.29) is 11.8 Å². The molecule has 0 radical (unpaired) electrons. The van der Waals surface area contributed by atoms with E-state index >= 15 is 0 Å². The van der Waals surface area contributed by atoms with Crippen LogP contribution in [0.15, 0.2) is 17.8 Å². The number of aromatic nitrogens is 2. The number of nitrogens with one attached hydrogen (secondary N) is 2. The quantitative estimate of drug-likeness (QED) is 0.884. The minimum Gasteiger partial charge on any atom is -0.349 e. The average molecular weight is 324 g/mol. The van der Waals surface area contributed by atoms with E-state index < -0.39 is 10.8 Å². The molecule has 0 aliphatic carbocycles. The highest BCUT2D eigenvalue weighted by Crippen LogP contribution is 2.28. The van der Waals surface area contributed by atoms with E-state index in [2.05, 4.69) is 15.6 Å². The van der Waals surface area contributed by atoms with Crippen molar-refractivity contribution < 1.29 is 9.59 Å². The number of hydrogen-bond acceptors (Lipinski definition) is 5. The van der Waals surface area contributed by atoms with Gasteiger partial charge in [-0.05, 0) is 13.8 Å². The Morgan fingerprint density at radius 3 is 3.14 bits per heavy atom. The highest BCUT2D eigenvalue weighted by molar-refractivity contribution is 8.01. The lowest BCUT2D eigenvalue weighted by Crippen LogP contribution is -2.57. The summed E-state index contributed by atoms with van der Waals surface area (Å²) in [7, 11) is 0. The first kappa shape index (κ1) is 14.4. The number of hydrogen-bond donors (Lipinski definition) is 2. The van der Waals surface area contributed by atoms with Gasteiger partial charge in [-0.3, -0.25) is 14.0 Å². The van der Waals surface area contributed by atoms with Crippen LogP contribution in [-0.4, -0.2) is 37.7 Å². The van der Waals surface area contributed by atoms with Gasteiger partial charge in [0.15, 0.2) is 4.96 Å². The van der Waals surface area contributed by atoms with Crippen molar-refractivity contribution >= 4 is 39.9 Å². The fraction of sp³-hybridized carbons (Fsp3) is 0.462. The first-order valence-electron chi connectivity index (χ1n) is 6.59. The van der Waals surface area contributed by atoms with Crippen LogP contribution < -0.4 is 10.6 Å². The minimum absolute atomic E-state index is 0.0959. The van der Waals surface area contributed by atoms with Crippen molar-refractivity contribution in [1.82, 2.24) is 20.0 Å². The van der Waals surface area contributed by atoms with Crippen molar-refractivity contribution in [2.24, 2.45) is 0 Å². The zero-order valence-corrected chi connectivity index (χ0v) is 13.4. The minimum atomic E-state index is -0.473. The van der Waals surface area contributed by atoms with E-state index in [9.17, 15) is 9.59 Å². The molecule has 6 nitrogen and oxygen atoms in total. The van der Waals surface area contributed by atoms with Gasteiger partial charge in [-0.2, -0.15) is 0 Å². The van der Waals surface area contributed by atoms with Gasteiger partial charge < -0.3 is 10.6 Å². The third-order valence-corrected chi connectivity index (χ3v) is 5.54. The van der Waals surface area contributed by atoms with Crippen molar-refractivity contribution in [2.75, 3.05) is 5.75 Å². The summed E-state index contributed by atoms with van der Waals surface area (Å²) in [4.78, 5) is 29.3. The molecule has 1 aliphatic rings. The Hall–Kier alpha value is -1.54. The van der Waals surface area contributed by atoms with Crippen LogP contribution >= 0.6 is 23.1 Å². The van der Waals surface area contributed by atoms with Crippen LogP contribution in [0.3, 0.4) is 0 Å². The summed E-state index contributed by atoms with van der Waals surface area (Å²) >= 11 is 3.05. The molecule has 0 spiro atoms. The fourth-order valence-electron chi connectivity index (χ4n) is 2.03. The monoisotopic (exact) mass is 324 g/mol.